The maximum Gasteiger partial charge on any atom is 0.329 e. The molecule has 0 saturated heterocycles. The lowest BCUT2D eigenvalue weighted by Gasteiger charge is -2.22. The van der Waals surface area contributed by atoms with Crippen molar-refractivity contribution in [3.8, 4) is 0 Å². The first kappa shape index (κ1) is 23.6. The van der Waals surface area contributed by atoms with E-state index in [1.807, 2.05) is 12.2 Å². The summed E-state index contributed by atoms with van der Waals surface area (Å²) in [5.41, 5.74) is 7.03. The molecular weight excluding hydrogens is 380 g/mol. The molecule has 1 heterocycles. The minimum atomic E-state index is -0.723. The zero-order chi connectivity index (χ0) is 22.6. The maximum atomic E-state index is 12.9. The van der Waals surface area contributed by atoms with E-state index in [0.717, 1.165) is 5.56 Å². The molecule has 0 radical (unpaired) electrons. The quantitative estimate of drug-likeness (QED) is 0.572. The van der Waals surface area contributed by atoms with Crippen molar-refractivity contribution in [2.24, 2.45) is 5.92 Å². The van der Waals surface area contributed by atoms with Crippen LogP contribution in [0.1, 0.15) is 75.5 Å². The zero-order valence-electron chi connectivity index (χ0n) is 18.9. The topological polar surface area (TPSA) is 115 Å². The number of carbonyl (C=O) groups excluding carboxylic acids is 1. The van der Waals surface area contributed by atoms with Gasteiger partial charge in [0.25, 0.3) is 5.56 Å². The van der Waals surface area contributed by atoms with Crippen LogP contribution in [-0.4, -0.2) is 21.9 Å². The third-order valence-corrected chi connectivity index (χ3v) is 5.40. The minimum Gasteiger partial charge on any atom is -0.384 e. The summed E-state index contributed by atoms with van der Waals surface area (Å²) in [6.07, 6.45) is 0.663. The summed E-state index contributed by atoms with van der Waals surface area (Å²) in [5, 5.41) is 1.94. The summed E-state index contributed by atoms with van der Waals surface area (Å²) in [7, 11) is 0. The molecule has 0 bridgehead atoms. The monoisotopic (exact) mass is 415 g/mol. The molecule has 7 nitrogen and oxygen atoms in total. The third-order valence-electron chi connectivity index (χ3n) is 5.40. The van der Waals surface area contributed by atoms with Crippen LogP contribution in [0.3, 0.4) is 0 Å². The van der Waals surface area contributed by atoms with E-state index >= 15 is 0 Å². The SMILES string of the molecule is CCCn1c(N)c(C(=O)C[NH2+][C@@H](c2ccc(C(C)(C)C)cc2)C(C)C)c(=O)[nH]c1=O. The Morgan fingerprint density at radius 3 is 2.27 bits per heavy atom. The molecule has 0 unspecified atom stereocenters. The van der Waals surface area contributed by atoms with E-state index in [1.54, 1.807) is 0 Å². The lowest BCUT2D eigenvalue weighted by atomic mass is 9.85. The second-order valence-electron chi connectivity index (χ2n) is 9.18. The average molecular weight is 416 g/mol. The first-order chi connectivity index (χ1) is 14.0. The van der Waals surface area contributed by atoms with E-state index < -0.39 is 11.2 Å². The molecule has 0 fully saturated rings. The molecule has 1 aromatic heterocycles. The molecule has 0 aliphatic heterocycles. The highest BCUT2D eigenvalue weighted by Crippen LogP contribution is 2.25. The fraction of sp³-hybridized carbons (Fsp3) is 0.522. The van der Waals surface area contributed by atoms with Gasteiger partial charge in [0.15, 0.2) is 0 Å². The van der Waals surface area contributed by atoms with E-state index in [0.29, 0.717) is 13.0 Å². The van der Waals surface area contributed by atoms with Crippen LogP contribution < -0.4 is 22.3 Å². The van der Waals surface area contributed by atoms with Crippen molar-refractivity contribution in [1.29, 1.82) is 0 Å². The highest BCUT2D eigenvalue weighted by molar-refractivity contribution is 6.00. The van der Waals surface area contributed by atoms with E-state index in [1.165, 1.54) is 10.1 Å². The van der Waals surface area contributed by atoms with Gasteiger partial charge in [-0.3, -0.25) is 19.1 Å². The fourth-order valence-corrected chi connectivity index (χ4v) is 3.64. The molecule has 2 rings (SSSR count). The number of quaternary nitrogens is 1. The predicted molar refractivity (Wildman–Crippen MR) is 120 cm³/mol. The summed E-state index contributed by atoms with van der Waals surface area (Å²) >= 11 is 0. The molecule has 0 aliphatic carbocycles. The number of benzene rings is 1. The Balaban J connectivity index is 2.25. The number of H-pyrrole nitrogens is 1. The Morgan fingerprint density at radius 1 is 1.17 bits per heavy atom. The molecule has 5 N–H and O–H groups in total. The number of ketones is 1. The predicted octanol–water partition coefficient (Wildman–Crippen LogP) is 1.97. The van der Waals surface area contributed by atoms with Gasteiger partial charge >= 0.3 is 5.69 Å². The highest BCUT2D eigenvalue weighted by Gasteiger charge is 2.25. The van der Waals surface area contributed by atoms with Gasteiger partial charge in [0.1, 0.15) is 24.0 Å². The van der Waals surface area contributed by atoms with Crippen LogP contribution in [0.5, 0.6) is 0 Å². The molecule has 2 aromatic rings. The minimum absolute atomic E-state index is 0.0559. The van der Waals surface area contributed by atoms with Gasteiger partial charge in [-0.05, 0) is 17.4 Å². The first-order valence-electron chi connectivity index (χ1n) is 10.6. The molecule has 30 heavy (non-hydrogen) atoms. The molecule has 0 spiro atoms. The Morgan fingerprint density at radius 2 is 1.77 bits per heavy atom. The van der Waals surface area contributed by atoms with Gasteiger partial charge in [-0.1, -0.05) is 65.8 Å². The van der Waals surface area contributed by atoms with E-state index in [9.17, 15) is 14.4 Å². The number of nitrogen functional groups attached to an aromatic ring is 1. The van der Waals surface area contributed by atoms with Crippen LogP contribution in [0.15, 0.2) is 33.9 Å². The molecule has 7 heteroatoms. The number of rotatable bonds is 8. The molecule has 164 valence electrons. The van der Waals surface area contributed by atoms with Crippen LogP contribution in [0.4, 0.5) is 5.82 Å². The number of hydrogen-bond donors (Lipinski definition) is 3. The Bertz CT molecular complexity index is 995. The van der Waals surface area contributed by atoms with Crippen molar-refractivity contribution in [3.63, 3.8) is 0 Å². The maximum absolute atomic E-state index is 12.9. The van der Waals surface area contributed by atoms with Gasteiger partial charge in [0.2, 0.25) is 5.78 Å². The van der Waals surface area contributed by atoms with Gasteiger partial charge in [-0.15, -0.1) is 0 Å². The normalized spacial score (nSPS) is 12.9. The largest absolute Gasteiger partial charge is 0.384 e. The van der Waals surface area contributed by atoms with Crippen LogP contribution in [-0.2, 0) is 12.0 Å². The number of aromatic nitrogens is 2. The Labute approximate surface area is 177 Å². The van der Waals surface area contributed by atoms with Gasteiger partial charge in [0.05, 0.1) is 0 Å². The van der Waals surface area contributed by atoms with Crippen molar-refractivity contribution in [1.82, 2.24) is 9.55 Å². The van der Waals surface area contributed by atoms with Gasteiger partial charge in [-0.2, -0.15) is 0 Å². The Hall–Kier alpha value is -2.67. The zero-order valence-corrected chi connectivity index (χ0v) is 18.9. The summed E-state index contributed by atoms with van der Waals surface area (Å²) < 4.78 is 1.25. The number of anilines is 1. The summed E-state index contributed by atoms with van der Waals surface area (Å²) in [6, 6.07) is 8.53. The standard InChI is InChI=1S/C23H34N4O3/c1-7-12-27-20(24)18(21(29)26-22(27)30)17(28)13-25-19(14(2)3)15-8-10-16(11-9-15)23(4,5)6/h8-11,14,19,25H,7,12-13,24H2,1-6H3,(H,26,29,30)/p+1/t19-/m1/s1. The summed E-state index contributed by atoms with van der Waals surface area (Å²) in [6.45, 7) is 13.0. The van der Waals surface area contributed by atoms with Crippen LogP contribution >= 0.6 is 0 Å². The molecule has 0 amide bonds. The number of nitrogens with two attached hydrogens (primary N) is 2. The number of carbonyl (C=O) groups is 1. The molecule has 1 atom stereocenters. The molecule has 0 aliphatic rings. The number of nitrogens with zero attached hydrogens (tertiary/aromatic N) is 1. The van der Waals surface area contributed by atoms with Gasteiger partial charge in [0, 0.05) is 18.0 Å². The van der Waals surface area contributed by atoms with Crippen molar-refractivity contribution < 1.29 is 10.1 Å². The summed E-state index contributed by atoms with van der Waals surface area (Å²) in [4.78, 5) is 39.3. The second-order valence-corrected chi connectivity index (χ2v) is 9.18. The third kappa shape index (κ3) is 5.27. The van der Waals surface area contributed by atoms with Crippen molar-refractivity contribution in [2.75, 3.05) is 12.3 Å². The van der Waals surface area contributed by atoms with Gasteiger partial charge in [-0.25, -0.2) is 4.79 Å². The summed E-state index contributed by atoms with van der Waals surface area (Å²) in [5.74, 6) is -0.154. The van der Waals surface area contributed by atoms with E-state index in [4.69, 9.17) is 5.73 Å². The van der Waals surface area contributed by atoms with Crippen molar-refractivity contribution in [2.45, 2.75) is 66.0 Å². The number of aromatic amines is 1. The smallest absolute Gasteiger partial charge is 0.329 e. The van der Waals surface area contributed by atoms with Crippen LogP contribution in [0.2, 0.25) is 0 Å². The number of Topliss-reactive ketones (excluding diaryl/α,β-unsaturated/α-hetero) is 1. The Kier molecular flexibility index (Phi) is 7.42. The average Bonchev–Trinajstić information content (AvgIpc) is 2.64. The fourth-order valence-electron chi connectivity index (χ4n) is 3.64. The van der Waals surface area contributed by atoms with E-state index in [2.05, 4.69) is 63.9 Å². The first-order valence-corrected chi connectivity index (χ1v) is 10.6. The van der Waals surface area contributed by atoms with Crippen LogP contribution in [0, 0.1) is 5.92 Å². The van der Waals surface area contributed by atoms with Crippen LogP contribution in [0.25, 0.3) is 0 Å². The number of hydrogen-bond acceptors (Lipinski definition) is 4. The van der Waals surface area contributed by atoms with Crippen molar-refractivity contribution in [3.05, 3.63) is 61.8 Å². The van der Waals surface area contributed by atoms with E-state index in [-0.39, 0.29) is 41.1 Å². The molecule has 0 saturated carbocycles. The van der Waals surface area contributed by atoms with Gasteiger partial charge < -0.3 is 11.1 Å². The second kappa shape index (κ2) is 9.43. The lowest BCUT2D eigenvalue weighted by molar-refractivity contribution is -0.691. The number of nitrogens with one attached hydrogen (secondary N) is 1. The highest BCUT2D eigenvalue weighted by atomic mass is 16.2. The molecule has 1 aromatic carbocycles. The lowest BCUT2D eigenvalue weighted by Crippen LogP contribution is -2.88. The molecular formula is C23H35N4O3+. The van der Waals surface area contributed by atoms with Crippen molar-refractivity contribution >= 4 is 11.6 Å².